The summed E-state index contributed by atoms with van der Waals surface area (Å²) in [6, 6.07) is 14.6. The number of ether oxygens (including phenoxy) is 2. The number of amides is 2. The van der Waals surface area contributed by atoms with Gasteiger partial charge in [0.15, 0.2) is 0 Å². The van der Waals surface area contributed by atoms with Crippen molar-refractivity contribution in [1.82, 2.24) is 10.6 Å². The van der Waals surface area contributed by atoms with E-state index in [2.05, 4.69) is 10.6 Å². The predicted octanol–water partition coefficient (Wildman–Crippen LogP) is 1.64. The van der Waals surface area contributed by atoms with E-state index < -0.39 is 36.2 Å². The van der Waals surface area contributed by atoms with E-state index in [0.29, 0.717) is 0 Å². The molecule has 0 spiro atoms. The number of rotatable bonds is 8. The third kappa shape index (κ3) is 4.55. The molecular weight excluding hydrogens is 428 g/mol. The highest BCUT2D eigenvalue weighted by molar-refractivity contribution is 5.93. The molecule has 1 saturated heterocycles. The zero-order chi connectivity index (χ0) is 23.4. The van der Waals surface area contributed by atoms with E-state index in [-0.39, 0.29) is 38.6 Å². The van der Waals surface area contributed by atoms with Crippen LogP contribution in [0, 0.1) is 0 Å². The van der Waals surface area contributed by atoms with Gasteiger partial charge in [0.05, 0.1) is 6.61 Å². The van der Waals surface area contributed by atoms with Crippen molar-refractivity contribution in [3.8, 4) is 11.1 Å². The van der Waals surface area contributed by atoms with E-state index in [1.54, 1.807) is 0 Å². The van der Waals surface area contributed by atoms with Crippen molar-refractivity contribution in [3.63, 3.8) is 0 Å². The summed E-state index contributed by atoms with van der Waals surface area (Å²) in [5.74, 6) is -2.09. The number of carboxylic acids is 1. The predicted molar refractivity (Wildman–Crippen MR) is 118 cm³/mol. The largest absolute Gasteiger partial charge is 0.480 e. The average Bonchev–Trinajstić information content (AvgIpc) is 3.41. The first kappa shape index (κ1) is 22.8. The van der Waals surface area contributed by atoms with Crippen LogP contribution in [0.2, 0.25) is 0 Å². The summed E-state index contributed by atoms with van der Waals surface area (Å²) >= 11 is 0. The molecular formula is C24H26N2O7. The lowest BCUT2D eigenvalue weighted by Crippen LogP contribution is -2.62. The summed E-state index contributed by atoms with van der Waals surface area (Å²) in [6.07, 6.45) is -0.760. The van der Waals surface area contributed by atoms with E-state index in [9.17, 15) is 19.5 Å². The van der Waals surface area contributed by atoms with Crippen molar-refractivity contribution in [1.29, 1.82) is 0 Å². The second-order valence-electron chi connectivity index (χ2n) is 8.21. The van der Waals surface area contributed by atoms with E-state index >= 15 is 0 Å². The Morgan fingerprint density at radius 2 is 1.73 bits per heavy atom. The van der Waals surface area contributed by atoms with Gasteiger partial charge in [-0.05, 0) is 22.3 Å². The number of aliphatic hydroxyl groups excluding tert-OH is 1. The molecule has 2 aromatic rings. The summed E-state index contributed by atoms with van der Waals surface area (Å²) in [6.45, 7) is -0.190. The SMILES string of the molecule is O=C(NC1(C(=O)NC(CCO)C(=O)O)CCOC1)OCC1c2ccccc2-c2ccccc21. The molecule has 1 heterocycles. The molecule has 0 aromatic heterocycles. The Labute approximate surface area is 190 Å². The van der Waals surface area contributed by atoms with Gasteiger partial charge in [-0.3, -0.25) is 4.79 Å². The normalized spacial score (nSPS) is 19.9. The quantitative estimate of drug-likeness (QED) is 0.476. The number of carbonyl (C=O) groups is 3. The van der Waals surface area contributed by atoms with Crippen molar-refractivity contribution in [3.05, 3.63) is 59.7 Å². The fraction of sp³-hybridized carbons (Fsp3) is 0.375. The Morgan fingerprint density at radius 1 is 1.09 bits per heavy atom. The molecule has 33 heavy (non-hydrogen) atoms. The second-order valence-corrected chi connectivity index (χ2v) is 8.21. The van der Waals surface area contributed by atoms with E-state index in [4.69, 9.17) is 14.6 Å². The van der Waals surface area contributed by atoms with Crippen LogP contribution in [-0.4, -0.2) is 66.2 Å². The molecule has 1 aliphatic carbocycles. The first-order chi connectivity index (χ1) is 15.9. The van der Waals surface area contributed by atoms with Crippen LogP contribution < -0.4 is 10.6 Å². The van der Waals surface area contributed by atoms with Crippen LogP contribution in [0.25, 0.3) is 11.1 Å². The maximum Gasteiger partial charge on any atom is 0.408 e. The summed E-state index contributed by atoms with van der Waals surface area (Å²) in [4.78, 5) is 36.9. The lowest BCUT2D eigenvalue weighted by Gasteiger charge is -2.29. The van der Waals surface area contributed by atoms with Crippen molar-refractivity contribution in [2.75, 3.05) is 26.4 Å². The molecule has 0 saturated carbocycles. The molecule has 2 aromatic carbocycles. The van der Waals surface area contributed by atoms with Crippen LogP contribution in [0.15, 0.2) is 48.5 Å². The Kier molecular flexibility index (Phi) is 6.62. The van der Waals surface area contributed by atoms with Gasteiger partial charge in [-0.15, -0.1) is 0 Å². The van der Waals surface area contributed by atoms with Crippen LogP contribution in [0.5, 0.6) is 0 Å². The van der Waals surface area contributed by atoms with Gasteiger partial charge in [0.1, 0.15) is 18.2 Å². The standard InChI is InChI=1S/C24H26N2O7/c27-11-9-20(21(28)29)25-22(30)24(10-12-32-14-24)26-23(31)33-13-19-17-7-3-1-5-15(17)16-6-2-4-8-18(16)19/h1-8,19-20,27H,9-14H2,(H,25,30)(H,26,31)(H,28,29). The lowest BCUT2D eigenvalue weighted by molar-refractivity contribution is -0.143. The fourth-order valence-electron chi connectivity index (χ4n) is 4.41. The molecule has 1 fully saturated rings. The minimum atomic E-state index is -1.44. The van der Waals surface area contributed by atoms with Crippen LogP contribution in [0.4, 0.5) is 4.79 Å². The van der Waals surface area contributed by atoms with Crippen molar-refractivity contribution in [2.24, 2.45) is 0 Å². The van der Waals surface area contributed by atoms with Crippen molar-refractivity contribution in [2.45, 2.75) is 30.3 Å². The molecule has 0 radical (unpaired) electrons. The highest BCUT2D eigenvalue weighted by atomic mass is 16.6. The first-order valence-electron chi connectivity index (χ1n) is 10.8. The van der Waals surface area contributed by atoms with Crippen LogP contribution in [-0.2, 0) is 19.1 Å². The van der Waals surface area contributed by atoms with Crippen molar-refractivity contribution < 1.29 is 34.1 Å². The van der Waals surface area contributed by atoms with Gasteiger partial charge in [-0.25, -0.2) is 9.59 Å². The zero-order valence-electron chi connectivity index (χ0n) is 18.0. The van der Waals surface area contributed by atoms with Gasteiger partial charge < -0.3 is 30.3 Å². The number of hydrogen-bond donors (Lipinski definition) is 4. The van der Waals surface area contributed by atoms with Crippen LogP contribution in [0.3, 0.4) is 0 Å². The number of aliphatic hydroxyl groups is 1. The third-order valence-electron chi connectivity index (χ3n) is 6.16. The number of alkyl carbamates (subject to hydrolysis) is 1. The van der Waals surface area contributed by atoms with Gasteiger partial charge in [0.25, 0.3) is 0 Å². The summed E-state index contributed by atoms with van der Waals surface area (Å²) in [5.41, 5.74) is 2.90. The number of carboxylic acid groups (broad SMARTS) is 1. The van der Waals surface area contributed by atoms with Gasteiger partial charge in [0.2, 0.25) is 5.91 Å². The number of nitrogens with one attached hydrogen (secondary N) is 2. The molecule has 2 atom stereocenters. The number of fused-ring (bicyclic) bond motifs is 3. The van der Waals surface area contributed by atoms with E-state index in [1.807, 2.05) is 48.5 Å². The molecule has 2 aliphatic rings. The van der Waals surface area contributed by atoms with Crippen LogP contribution in [0.1, 0.15) is 29.9 Å². The van der Waals surface area contributed by atoms with E-state index in [1.165, 1.54) is 0 Å². The lowest BCUT2D eigenvalue weighted by atomic mass is 9.96. The Balaban J connectivity index is 1.44. The average molecular weight is 454 g/mol. The summed E-state index contributed by atoms with van der Waals surface area (Å²) < 4.78 is 10.9. The topological polar surface area (TPSA) is 134 Å². The molecule has 9 nitrogen and oxygen atoms in total. The molecule has 4 rings (SSSR count). The number of aliphatic carboxylic acids is 1. The first-order valence-corrected chi connectivity index (χ1v) is 10.8. The highest BCUT2D eigenvalue weighted by Crippen LogP contribution is 2.44. The maximum atomic E-state index is 12.9. The minimum absolute atomic E-state index is 0.0840. The van der Waals surface area contributed by atoms with Crippen molar-refractivity contribution >= 4 is 18.0 Å². The Hall–Kier alpha value is -3.43. The van der Waals surface area contributed by atoms with Gasteiger partial charge in [0, 0.05) is 32.0 Å². The molecule has 2 unspecified atom stereocenters. The highest BCUT2D eigenvalue weighted by Gasteiger charge is 2.45. The maximum absolute atomic E-state index is 12.9. The second kappa shape index (κ2) is 9.60. The third-order valence-corrected chi connectivity index (χ3v) is 6.16. The Morgan fingerprint density at radius 3 is 2.27 bits per heavy atom. The monoisotopic (exact) mass is 454 g/mol. The number of carbonyl (C=O) groups excluding carboxylic acids is 2. The molecule has 9 heteroatoms. The number of benzene rings is 2. The van der Waals surface area contributed by atoms with E-state index in [0.717, 1.165) is 22.3 Å². The smallest absolute Gasteiger partial charge is 0.408 e. The molecule has 0 bridgehead atoms. The van der Waals surface area contributed by atoms with Crippen LogP contribution >= 0.6 is 0 Å². The molecule has 4 N–H and O–H groups in total. The summed E-state index contributed by atoms with van der Waals surface area (Å²) in [7, 11) is 0. The molecule has 1 aliphatic heterocycles. The minimum Gasteiger partial charge on any atom is -0.480 e. The zero-order valence-corrected chi connectivity index (χ0v) is 18.0. The summed E-state index contributed by atoms with van der Waals surface area (Å²) in [5, 5.41) is 23.3. The molecule has 174 valence electrons. The van der Waals surface area contributed by atoms with Gasteiger partial charge >= 0.3 is 12.1 Å². The fourth-order valence-corrected chi connectivity index (χ4v) is 4.41. The van der Waals surface area contributed by atoms with Gasteiger partial charge in [-0.2, -0.15) is 0 Å². The Bertz CT molecular complexity index is 1000. The van der Waals surface area contributed by atoms with Gasteiger partial charge in [-0.1, -0.05) is 48.5 Å². The number of hydrogen-bond acceptors (Lipinski definition) is 6. The molecule has 2 amide bonds.